The summed E-state index contributed by atoms with van der Waals surface area (Å²) < 4.78 is 8.71. The van der Waals surface area contributed by atoms with Crippen LogP contribution < -0.4 is 26.0 Å². The lowest BCUT2D eigenvalue weighted by atomic mass is 9.62. The molecule has 16 nitrogen and oxygen atoms in total. The normalized spacial score (nSPS) is 26.3. The van der Waals surface area contributed by atoms with E-state index in [-0.39, 0.29) is 22.8 Å². The van der Waals surface area contributed by atoms with Crippen molar-refractivity contribution in [2.24, 2.45) is 22.0 Å². The minimum atomic E-state index is -1.42. The SMILES string of the molecule is COC1/C(=C2/N(CCCCCCCN3/C(=C4/C([O-])C(C5C(C#N)=Nn6c5nc(-c5ccccc5)cc6=O)C4O)C(C)(C)c4ccc5ccccc5c43)c3c(ccc4ccccc34)C2(C)C)C(O)C1C1C(C#N)=Nn2c1nc(C1=CC=CCC1)cc2=O. The van der Waals surface area contributed by atoms with Crippen LogP contribution in [0, 0.1) is 34.5 Å². The van der Waals surface area contributed by atoms with Crippen LogP contribution in [0.2, 0.25) is 0 Å². The van der Waals surface area contributed by atoms with Crippen molar-refractivity contribution in [1.82, 2.24) is 19.3 Å². The summed E-state index contributed by atoms with van der Waals surface area (Å²) in [7, 11) is 1.64. The Hall–Kier alpha value is -8.90. The Morgan fingerprint density at radius 3 is 1.67 bits per heavy atom. The average Bonchev–Trinajstić information content (AvgIpc) is 1.51. The summed E-state index contributed by atoms with van der Waals surface area (Å²) in [4.78, 5) is 41.7. The van der Waals surface area contributed by atoms with Crippen molar-refractivity contribution < 1.29 is 20.1 Å². The third kappa shape index (κ3) is 8.28. The van der Waals surface area contributed by atoms with Crippen molar-refractivity contribution in [2.45, 2.75) is 120 Å². The summed E-state index contributed by atoms with van der Waals surface area (Å²) in [6, 6.07) is 41.8. The molecular formula is C70H65N10O6-. The van der Waals surface area contributed by atoms with Crippen LogP contribution in [0.5, 0.6) is 0 Å². The molecule has 7 aromatic rings. The molecular weight excluding hydrogens is 1080 g/mol. The van der Waals surface area contributed by atoms with Gasteiger partial charge in [-0.2, -0.15) is 30.1 Å². The van der Waals surface area contributed by atoms with E-state index < -0.39 is 64.5 Å². The maximum atomic E-state index is 15.1. The molecule has 5 aromatic carbocycles. The summed E-state index contributed by atoms with van der Waals surface area (Å²) >= 11 is 0. The van der Waals surface area contributed by atoms with Crippen molar-refractivity contribution in [2.75, 3.05) is 30.0 Å². The first-order valence-corrected chi connectivity index (χ1v) is 30.0. The number of ether oxygens (including phenoxy) is 1. The zero-order valence-corrected chi connectivity index (χ0v) is 48.7. The number of methoxy groups -OCH3 is 1. The number of hydrogen-bond acceptors (Lipinski definition) is 14. The predicted octanol–water partition coefficient (Wildman–Crippen LogP) is 9.64. The molecule has 2 N–H and O–H groups in total. The predicted molar refractivity (Wildman–Crippen MR) is 331 cm³/mol. The lowest BCUT2D eigenvalue weighted by Gasteiger charge is -2.54. The van der Waals surface area contributed by atoms with Crippen molar-refractivity contribution in [3.8, 4) is 23.4 Å². The number of aliphatic hydroxyl groups is 2. The molecule has 14 rings (SSSR count). The Morgan fingerprint density at radius 1 is 0.640 bits per heavy atom. The van der Waals surface area contributed by atoms with E-state index in [0.29, 0.717) is 41.4 Å². The van der Waals surface area contributed by atoms with Crippen LogP contribution in [0.3, 0.4) is 0 Å². The van der Waals surface area contributed by atoms with Gasteiger partial charge in [-0.05, 0) is 64.6 Å². The molecule has 2 fully saturated rings. The molecule has 0 saturated heterocycles. The van der Waals surface area contributed by atoms with E-state index in [1.54, 1.807) is 7.11 Å². The van der Waals surface area contributed by atoms with E-state index in [1.165, 1.54) is 16.8 Å². The van der Waals surface area contributed by atoms with Crippen LogP contribution in [0.1, 0.15) is 113 Å². The van der Waals surface area contributed by atoms with E-state index in [0.717, 1.165) is 116 Å². The van der Waals surface area contributed by atoms with Gasteiger partial charge in [-0.1, -0.05) is 174 Å². The van der Waals surface area contributed by atoms with Crippen molar-refractivity contribution in [3.05, 3.63) is 205 Å². The van der Waals surface area contributed by atoms with Crippen molar-refractivity contribution in [3.63, 3.8) is 0 Å². The second kappa shape index (κ2) is 21.0. The number of aliphatic hydroxyl groups excluding tert-OH is 2. The molecule has 0 amide bonds. The van der Waals surface area contributed by atoms with Gasteiger partial charge in [-0.15, -0.1) is 0 Å². The monoisotopic (exact) mass is 1140 g/mol. The van der Waals surface area contributed by atoms with Crippen molar-refractivity contribution >= 4 is 49.9 Å². The Bertz CT molecular complexity index is 4410. The standard InChI is InChI=1S/C70H65N10O6/c1-69(2)45-31-29-39-21-15-17-27-43(39)59(45)77(65(69)57-61(83)55(62(57)84)53-49(37-71)75-79-51(81)35-47(73-67(53)79)41-23-11-9-12-24-41)33-19-7-6-8-20-34-78-60-44-28-18-16-22-40(44)30-32-46(60)70(3,4)66(78)58-63(85)56(64(58)86-5)54-50(38-72)76-80-52(82)36-48(74-68(54)80)42-25-13-10-14-26-42/h9-13,15-18,21-25,27-32,35-36,53-56,61-64,83,85H,6-8,14,19-20,26,33-34H2,1-5H3/q-1/b65-57+,66-58+. The van der Waals surface area contributed by atoms with Gasteiger partial charge in [0.05, 0.1) is 52.9 Å². The number of nitriles is 2. The van der Waals surface area contributed by atoms with Crippen LogP contribution in [0.4, 0.5) is 11.4 Å². The molecule has 16 heteroatoms. The van der Waals surface area contributed by atoms with Gasteiger partial charge in [-0.25, -0.2) is 9.97 Å². The van der Waals surface area contributed by atoms with E-state index in [2.05, 4.69) is 121 Å². The van der Waals surface area contributed by atoms with Gasteiger partial charge in [0, 0.05) is 82.4 Å². The molecule has 2 saturated carbocycles. The highest BCUT2D eigenvalue weighted by Gasteiger charge is 2.59. The minimum Gasteiger partial charge on any atom is -0.848 e. The van der Waals surface area contributed by atoms with Gasteiger partial charge in [0.2, 0.25) is 0 Å². The third-order valence-electron chi connectivity index (χ3n) is 19.5. The Balaban J connectivity index is 0.734. The van der Waals surface area contributed by atoms with E-state index in [1.807, 2.05) is 60.7 Å². The van der Waals surface area contributed by atoms with Crippen LogP contribution in [0.25, 0.3) is 38.4 Å². The van der Waals surface area contributed by atoms with Crippen molar-refractivity contribution in [1.29, 1.82) is 10.5 Å². The molecule has 0 radical (unpaired) electrons. The lowest BCUT2D eigenvalue weighted by Crippen LogP contribution is -2.61. The molecule has 4 aliphatic heterocycles. The first-order chi connectivity index (χ1) is 41.7. The highest BCUT2D eigenvalue weighted by atomic mass is 16.5. The number of nitrogens with zero attached hydrogens (tertiary/aromatic N) is 10. The highest BCUT2D eigenvalue weighted by molar-refractivity contribution is 6.06. The summed E-state index contributed by atoms with van der Waals surface area (Å²) in [5.74, 6) is -2.87. The highest BCUT2D eigenvalue weighted by Crippen LogP contribution is 2.59. The molecule has 3 aliphatic carbocycles. The first kappa shape index (κ1) is 55.0. The Labute approximate surface area is 498 Å². The molecule has 7 aliphatic rings. The maximum Gasteiger partial charge on any atom is 0.274 e. The van der Waals surface area contributed by atoms with E-state index in [4.69, 9.17) is 14.7 Å². The topological polar surface area (TPSA) is 221 Å². The minimum absolute atomic E-state index is 0.0217. The molecule has 6 heterocycles. The average molecular weight is 1140 g/mol. The number of allylic oxidation sites excluding steroid dienone is 6. The summed E-state index contributed by atoms with van der Waals surface area (Å²) in [6.07, 6.45) is 7.63. The fraction of sp³-hybridized carbons (Fsp3) is 0.343. The number of unbranched alkanes of at least 4 members (excludes halogenated alkanes) is 4. The van der Waals surface area contributed by atoms with E-state index >= 15 is 5.11 Å². The molecule has 2 aromatic heterocycles. The Kier molecular flexibility index (Phi) is 13.4. The number of hydrogen-bond donors (Lipinski definition) is 2. The zero-order valence-electron chi connectivity index (χ0n) is 48.7. The number of rotatable bonds is 13. The number of anilines is 2. The fourth-order valence-electron chi connectivity index (χ4n) is 15.4. The quantitative estimate of drug-likeness (QED) is 0.103. The molecule has 8 atom stereocenters. The molecule has 0 spiro atoms. The van der Waals surface area contributed by atoms with Crippen LogP contribution in [0.15, 0.2) is 176 Å². The molecule has 86 heavy (non-hydrogen) atoms. The Morgan fingerprint density at radius 2 is 1.14 bits per heavy atom. The van der Waals surface area contributed by atoms with E-state index in [9.17, 15) is 30.3 Å². The number of fused-ring (bicyclic) bond motifs is 8. The third-order valence-corrected chi connectivity index (χ3v) is 19.5. The summed E-state index contributed by atoms with van der Waals surface area (Å²) in [5, 5.41) is 74.4. The van der Waals surface area contributed by atoms with Crippen LogP contribution in [-0.4, -0.2) is 85.6 Å². The lowest BCUT2D eigenvalue weighted by molar-refractivity contribution is -0.444. The van der Waals surface area contributed by atoms with Crippen LogP contribution in [-0.2, 0) is 15.6 Å². The molecule has 8 unspecified atom stereocenters. The first-order valence-electron chi connectivity index (χ1n) is 30.0. The summed E-state index contributed by atoms with van der Waals surface area (Å²) in [5.41, 5.74) is 7.87. The zero-order chi connectivity index (χ0) is 59.5. The van der Waals surface area contributed by atoms with Gasteiger partial charge in [-0.3, -0.25) is 9.59 Å². The van der Waals surface area contributed by atoms with Gasteiger partial charge < -0.3 is 29.9 Å². The van der Waals surface area contributed by atoms with Gasteiger partial charge in [0.25, 0.3) is 11.1 Å². The number of benzene rings is 5. The maximum absolute atomic E-state index is 15.1. The molecule has 432 valence electrons. The summed E-state index contributed by atoms with van der Waals surface area (Å²) in [6.45, 7) is 9.91. The number of aromatic nitrogens is 4. The smallest absolute Gasteiger partial charge is 0.274 e. The van der Waals surface area contributed by atoms with Gasteiger partial charge in [0.15, 0.2) is 0 Å². The largest absolute Gasteiger partial charge is 0.848 e. The van der Waals surface area contributed by atoms with Gasteiger partial charge >= 0.3 is 0 Å². The van der Waals surface area contributed by atoms with Gasteiger partial charge in [0.1, 0.15) is 35.2 Å². The molecule has 0 bridgehead atoms. The second-order valence-corrected chi connectivity index (χ2v) is 24.9. The second-order valence-electron chi connectivity index (χ2n) is 24.9. The fourth-order valence-corrected chi connectivity index (χ4v) is 15.4. The van der Waals surface area contributed by atoms with Crippen LogP contribution >= 0.6 is 0 Å².